The number of aromatic amines is 1. The van der Waals surface area contributed by atoms with E-state index >= 15 is 4.39 Å². The van der Waals surface area contributed by atoms with Crippen LogP contribution in [0.15, 0.2) is 66.3 Å². The lowest BCUT2D eigenvalue weighted by molar-refractivity contribution is -0.131. The Morgan fingerprint density at radius 3 is 2.67 bits per heavy atom. The molecule has 0 saturated carbocycles. The molecule has 0 spiro atoms. The number of nitriles is 1. The molecule has 2 aliphatic rings. The van der Waals surface area contributed by atoms with E-state index in [9.17, 15) is 14.9 Å². The number of aromatic nitrogens is 4. The molecule has 0 bridgehead atoms. The number of hydrogen-bond acceptors (Lipinski definition) is 8. The molecular weight excluding hydrogens is 632 g/mol. The molecule has 1 fully saturated rings. The van der Waals surface area contributed by atoms with Crippen LogP contribution in [-0.4, -0.2) is 88.0 Å². The first kappa shape index (κ1) is 31.1. The molecule has 1 N–H and O–H groups in total. The van der Waals surface area contributed by atoms with E-state index in [4.69, 9.17) is 4.74 Å². The van der Waals surface area contributed by atoms with Crippen LogP contribution in [0.25, 0.3) is 27.6 Å². The lowest BCUT2D eigenvalue weighted by Crippen LogP contribution is -2.49. The van der Waals surface area contributed by atoms with Gasteiger partial charge < -0.3 is 24.4 Å². The summed E-state index contributed by atoms with van der Waals surface area (Å²) in [6, 6.07) is 15.2. The van der Waals surface area contributed by atoms with Crippen LogP contribution in [0, 0.1) is 17.1 Å². The van der Waals surface area contributed by atoms with Gasteiger partial charge in [0.15, 0.2) is 5.82 Å². The van der Waals surface area contributed by atoms with Gasteiger partial charge in [-0.25, -0.2) is 4.39 Å². The zero-order chi connectivity index (χ0) is 33.2. The fraction of sp³-hybridized carbons (Fsp3) is 0.286. The highest BCUT2D eigenvalue weighted by atomic mass is 32.1. The summed E-state index contributed by atoms with van der Waals surface area (Å²) in [6.45, 7) is 3.33. The van der Waals surface area contributed by atoms with Gasteiger partial charge >= 0.3 is 0 Å². The Balaban J connectivity index is 1.20. The predicted octanol–water partition coefficient (Wildman–Crippen LogP) is 5.18. The maximum absolute atomic E-state index is 16.6. The molecule has 11 nitrogen and oxygen atoms in total. The molecule has 2 aromatic carbocycles. The van der Waals surface area contributed by atoms with Crippen molar-refractivity contribution in [2.45, 2.75) is 19.4 Å². The van der Waals surface area contributed by atoms with Gasteiger partial charge in [0.2, 0.25) is 5.91 Å². The standard InChI is InChI=1S/C35H33FN8O3S/c1-47-30-7-3-2-6-24(30)26-19-25(23-5-4-11-43(22-23)32(45)8-12-44-13-10-38-40-44)33(36)34-27(26)20-28(39-34)35(46)42-16-14-41(15-17-42)29-9-18-48-31(29)21-37/h2-3,5-7,9-10,13,18-20,39H,4,8,11-12,14-17,22H2,1H3. The maximum atomic E-state index is 16.6. The van der Waals surface area contributed by atoms with E-state index in [2.05, 4.69) is 26.3 Å². The molecule has 1 saturated heterocycles. The smallest absolute Gasteiger partial charge is 0.270 e. The minimum Gasteiger partial charge on any atom is -0.496 e. The van der Waals surface area contributed by atoms with Crippen LogP contribution in [-0.2, 0) is 11.3 Å². The zero-order valence-electron chi connectivity index (χ0n) is 26.4. The monoisotopic (exact) mass is 664 g/mol. The molecule has 244 valence electrons. The topological polar surface area (TPSA) is 123 Å². The minimum atomic E-state index is -0.475. The Kier molecular flexibility index (Phi) is 8.65. The van der Waals surface area contributed by atoms with Crippen LogP contribution in [0.3, 0.4) is 0 Å². The van der Waals surface area contributed by atoms with Crippen LogP contribution in [0.2, 0.25) is 0 Å². The summed E-state index contributed by atoms with van der Waals surface area (Å²) >= 11 is 1.41. The Labute approximate surface area is 280 Å². The van der Waals surface area contributed by atoms with E-state index in [0.717, 1.165) is 16.8 Å². The molecule has 5 aromatic rings. The van der Waals surface area contributed by atoms with Crippen molar-refractivity contribution >= 4 is 45.3 Å². The maximum Gasteiger partial charge on any atom is 0.270 e. The van der Waals surface area contributed by atoms with Gasteiger partial charge in [-0.15, -0.1) is 16.4 Å². The number of carbonyl (C=O) groups is 2. The molecule has 2 amide bonds. The number of fused-ring (bicyclic) bond motifs is 1. The summed E-state index contributed by atoms with van der Waals surface area (Å²) in [6.07, 6.45) is 6.12. The lowest BCUT2D eigenvalue weighted by atomic mass is 9.93. The second kappa shape index (κ2) is 13.3. The number of methoxy groups -OCH3 is 1. The van der Waals surface area contributed by atoms with Gasteiger partial charge in [0.25, 0.3) is 5.91 Å². The molecule has 0 aliphatic carbocycles. The summed E-state index contributed by atoms with van der Waals surface area (Å²) in [7, 11) is 1.59. The number of benzene rings is 2. The first-order valence-corrected chi connectivity index (χ1v) is 16.6. The van der Waals surface area contributed by atoms with Crippen molar-refractivity contribution in [1.29, 1.82) is 5.26 Å². The number of piperazine rings is 1. The average molecular weight is 665 g/mol. The number of nitrogens with zero attached hydrogens (tertiary/aromatic N) is 7. The number of para-hydroxylation sites is 1. The van der Waals surface area contributed by atoms with E-state index in [1.165, 1.54) is 11.3 Å². The normalized spacial score (nSPS) is 15.0. The number of nitrogens with one attached hydrogen (secondary N) is 1. The van der Waals surface area contributed by atoms with Crippen LogP contribution in [0.1, 0.15) is 33.8 Å². The summed E-state index contributed by atoms with van der Waals surface area (Å²) in [5.74, 6) is -0.116. The third kappa shape index (κ3) is 5.91. The number of aryl methyl sites for hydroxylation is 1. The van der Waals surface area contributed by atoms with E-state index < -0.39 is 5.82 Å². The number of thiophene rings is 1. The lowest BCUT2D eigenvalue weighted by Gasteiger charge is -2.35. The number of rotatable bonds is 8. The molecule has 0 atom stereocenters. The number of hydrogen-bond donors (Lipinski definition) is 1. The molecule has 2 aliphatic heterocycles. The van der Waals surface area contributed by atoms with Crippen LogP contribution in [0.4, 0.5) is 10.1 Å². The summed E-state index contributed by atoms with van der Waals surface area (Å²) < 4.78 is 23.9. The highest BCUT2D eigenvalue weighted by Gasteiger charge is 2.28. The van der Waals surface area contributed by atoms with E-state index in [-0.39, 0.29) is 30.3 Å². The SMILES string of the molecule is COc1ccccc1-c1cc(C2=CCCN(C(=O)CCn3ccnn3)C2)c(F)c2[nH]c(C(=O)N3CCN(c4ccsc4C#N)CC3)cc12. The number of H-pyrrole nitrogens is 1. The number of ether oxygens (including phenoxy) is 1. The first-order valence-electron chi connectivity index (χ1n) is 15.8. The number of carbonyl (C=O) groups excluding carboxylic acids is 2. The quantitative estimate of drug-likeness (QED) is 0.243. The Bertz CT molecular complexity index is 2050. The Morgan fingerprint density at radius 2 is 1.90 bits per heavy atom. The first-order chi connectivity index (χ1) is 23.4. The highest BCUT2D eigenvalue weighted by molar-refractivity contribution is 7.11. The van der Waals surface area contributed by atoms with Crippen molar-refractivity contribution in [3.05, 3.63) is 88.3 Å². The van der Waals surface area contributed by atoms with E-state index in [1.807, 2.05) is 41.8 Å². The van der Waals surface area contributed by atoms with E-state index in [1.54, 1.807) is 46.1 Å². The predicted molar refractivity (Wildman–Crippen MR) is 181 cm³/mol. The number of amides is 2. The second-order valence-corrected chi connectivity index (χ2v) is 12.6. The van der Waals surface area contributed by atoms with Gasteiger partial charge in [0.05, 0.1) is 31.1 Å². The Hall–Kier alpha value is -5.48. The third-order valence-corrected chi connectivity index (χ3v) is 9.82. The van der Waals surface area contributed by atoms with Crippen LogP contribution < -0.4 is 9.64 Å². The summed E-state index contributed by atoms with van der Waals surface area (Å²) in [4.78, 5) is 36.4. The van der Waals surface area contributed by atoms with Crippen molar-refractivity contribution in [2.75, 3.05) is 51.3 Å². The molecule has 0 radical (unpaired) electrons. The molecule has 13 heteroatoms. The molecule has 7 rings (SSSR count). The van der Waals surface area contributed by atoms with Gasteiger partial charge in [0, 0.05) is 68.4 Å². The molecule has 3 aromatic heterocycles. The van der Waals surface area contributed by atoms with Crippen molar-refractivity contribution < 1.29 is 18.7 Å². The molecular formula is C35H33FN8O3S. The molecule has 48 heavy (non-hydrogen) atoms. The Morgan fingerprint density at radius 1 is 1.06 bits per heavy atom. The van der Waals surface area contributed by atoms with Crippen molar-refractivity contribution in [3.63, 3.8) is 0 Å². The minimum absolute atomic E-state index is 0.0433. The largest absolute Gasteiger partial charge is 0.496 e. The number of halogens is 1. The van der Waals surface area contributed by atoms with Gasteiger partial charge in [-0.05, 0) is 47.2 Å². The van der Waals surface area contributed by atoms with Crippen molar-refractivity contribution in [3.8, 4) is 22.9 Å². The zero-order valence-corrected chi connectivity index (χ0v) is 27.2. The van der Waals surface area contributed by atoms with Gasteiger partial charge in [-0.2, -0.15) is 5.26 Å². The fourth-order valence-electron chi connectivity index (χ4n) is 6.53. The van der Waals surface area contributed by atoms with E-state index in [0.29, 0.717) is 78.5 Å². The number of anilines is 1. The van der Waals surface area contributed by atoms with Gasteiger partial charge in [-0.3, -0.25) is 14.3 Å². The van der Waals surface area contributed by atoms with Crippen molar-refractivity contribution in [2.24, 2.45) is 0 Å². The van der Waals surface area contributed by atoms with Crippen LogP contribution >= 0.6 is 11.3 Å². The van der Waals surface area contributed by atoms with Gasteiger partial charge in [-0.1, -0.05) is 29.5 Å². The molecule has 5 heterocycles. The summed E-state index contributed by atoms with van der Waals surface area (Å²) in [5.41, 5.74) is 3.97. The van der Waals surface area contributed by atoms with Crippen molar-refractivity contribution in [1.82, 2.24) is 29.8 Å². The van der Waals surface area contributed by atoms with Gasteiger partial charge in [0.1, 0.15) is 22.4 Å². The van der Waals surface area contributed by atoms with Crippen LogP contribution in [0.5, 0.6) is 5.75 Å². The summed E-state index contributed by atoms with van der Waals surface area (Å²) in [5, 5.41) is 19.6. The highest BCUT2D eigenvalue weighted by Crippen LogP contribution is 2.40. The average Bonchev–Trinajstić information content (AvgIpc) is 3.92. The second-order valence-electron chi connectivity index (χ2n) is 11.7. The third-order valence-electron chi connectivity index (χ3n) is 9.01. The fourth-order valence-corrected chi connectivity index (χ4v) is 7.23. The molecule has 0 unspecified atom stereocenters.